The number of rotatable bonds is 7. The number of carbonyl (C=O) groups excluding carboxylic acids is 1. The topological polar surface area (TPSA) is 91.2 Å². The van der Waals surface area contributed by atoms with Gasteiger partial charge in [0, 0.05) is 6.54 Å². The monoisotopic (exact) mass is 373 g/mol. The normalized spacial score (nSPS) is 11.9. The molecule has 0 amide bonds. The molecule has 0 saturated carbocycles. The Bertz CT molecular complexity index is 833. The average Bonchev–Trinajstić information content (AvgIpc) is 2.99. The van der Waals surface area contributed by atoms with Crippen LogP contribution in [0.4, 0.5) is 8.78 Å². The van der Waals surface area contributed by atoms with E-state index in [0.717, 1.165) is 24.3 Å². The minimum Gasteiger partial charge on any atom is -0.454 e. The summed E-state index contributed by atoms with van der Waals surface area (Å²) in [6.45, 7) is 4.52. The maximum Gasteiger partial charge on any atom is 0.341 e. The lowest BCUT2D eigenvalue weighted by Gasteiger charge is -2.09. The van der Waals surface area contributed by atoms with Gasteiger partial charge in [-0.3, -0.25) is 0 Å². The van der Waals surface area contributed by atoms with E-state index in [2.05, 4.69) is 10.1 Å². The van der Waals surface area contributed by atoms with Crippen LogP contribution in [0.25, 0.3) is 0 Å². The lowest BCUT2D eigenvalue weighted by Crippen LogP contribution is -2.14. The minimum atomic E-state index is -4.69. The van der Waals surface area contributed by atoms with E-state index in [4.69, 9.17) is 4.74 Å². The molecule has 0 atom stereocenters. The van der Waals surface area contributed by atoms with Gasteiger partial charge in [0.05, 0.1) is 10.5 Å². The summed E-state index contributed by atoms with van der Waals surface area (Å²) in [5.74, 6) is -3.43. The predicted molar refractivity (Wildman–Crippen MR) is 83.6 cm³/mol. The first-order valence-electron chi connectivity index (χ1n) is 7.37. The standard InChI is InChI=1S/C15H17F2N3O4S/c1-10(2)7-20-13(18-9-19-20)8-24-14(21)11-3-5-12(6-4-11)25(22,23)15(16)17/h3-6,9-10,15H,7-8H2,1-2H3. The summed E-state index contributed by atoms with van der Waals surface area (Å²) in [5, 5.41) is 4.04. The molecule has 0 saturated heterocycles. The molecule has 0 fully saturated rings. The zero-order valence-corrected chi connectivity index (χ0v) is 14.4. The van der Waals surface area contributed by atoms with Gasteiger partial charge in [-0.15, -0.1) is 0 Å². The molecule has 1 aromatic carbocycles. The van der Waals surface area contributed by atoms with E-state index in [9.17, 15) is 22.0 Å². The average molecular weight is 373 g/mol. The highest BCUT2D eigenvalue weighted by Gasteiger charge is 2.26. The number of ether oxygens (including phenoxy) is 1. The van der Waals surface area contributed by atoms with Crippen molar-refractivity contribution < 1.29 is 26.7 Å². The molecule has 1 aromatic heterocycles. The van der Waals surface area contributed by atoms with Crippen molar-refractivity contribution in [3.8, 4) is 0 Å². The second kappa shape index (κ2) is 7.68. The summed E-state index contributed by atoms with van der Waals surface area (Å²) in [4.78, 5) is 15.4. The fraction of sp³-hybridized carbons (Fsp3) is 0.400. The van der Waals surface area contributed by atoms with E-state index >= 15 is 0 Å². The second-order valence-electron chi connectivity index (χ2n) is 5.66. The number of nitrogens with zero attached hydrogens (tertiary/aromatic N) is 3. The van der Waals surface area contributed by atoms with E-state index in [1.165, 1.54) is 6.33 Å². The smallest absolute Gasteiger partial charge is 0.341 e. The number of aromatic nitrogens is 3. The Kier molecular flexibility index (Phi) is 5.83. The number of hydrogen-bond acceptors (Lipinski definition) is 6. The third kappa shape index (κ3) is 4.59. The molecule has 2 aromatic rings. The maximum absolute atomic E-state index is 12.5. The van der Waals surface area contributed by atoms with Gasteiger partial charge in [-0.2, -0.15) is 13.9 Å². The molecule has 2 rings (SSSR count). The van der Waals surface area contributed by atoms with Crippen LogP contribution in [0.1, 0.15) is 30.0 Å². The Morgan fingerprint density at radius 3 is 2.44 bits per heavy atom. The summed E-state index contributed by atoms with van der Waals surface area (Å²) in [6, 6.07) is 4.13. The van der Waals surface area contributed by atoms with Crippen LogP contribution >= 0.6 is 0 Å². The number of halogens is 2. The van der Waals surface area contributed by atoms with Crippen molar-refractivity contribution in [2.75, 3.05) is 0 Å². The van der Waals surface area contributed by atoms with Gasteiger partial charge in [0.25, 0.3) is 0 Å². The molecule has 0 unspecified atom stereocenters. The predicted octanol–water partition coefficient (Wildman–Crippen LogP) is 2.29. The van der Waals surface area contributed by atoms with Crippen LogP contribution in [0.5, 0.6) is 0 Å². The number of carbonyl (C=O) groups is 1. The fourth-order valence-corrected chi connectivity index (χ4v) is 2.72. The highest BCUT2D eigenvalue weighted by molar-refractivity contribution is 7.91. The zero-order valence-electron chi connectivity index (χ0n) is 13.6. The SMILES string of the molecule is CC(C)Cn1ncnc1COC(=O)c1ccc(S(=O)(=O)C(F)F)cc1. The summed E-state index contributed by atoms with van der Waals surface area (Å²) in [7, 11) is -4.69. The van der Waals surface area contributed by atoms with Crippen molar-refractivity contribution in [2.24, 2.45) is 5.92 Å². The number of esters is 1. The summed E-state index contributed by atoms with van der Waals surface area (Å²) in [6.07, 6.45) is 1.36. The summed E-state index contributed by atoms with van der Waals surface area (Å²) in [5.41, 5.74) is 0.0446. The van der Waals surface area contributed by atoms with Crippen LogP contribution in [0.15, 0.2) is 35.5 Å². The molecule has 0 spiro atoms. The van der Waals surface area contributed by atoms with Crippen LogP contribution in [0.3, 0.4) is 0 Å². The van der Waals surface area contributed by atoms with Crippen molar-refractivity contribution in [1.82, 2.24) is 14.8 Å². The van der Waals surface area contributed by atoms with E-state index in [1.54, 1.807) is 4.68 Å². The highest BCUT2D eigenvalue weighted by Crippen LogP contribution is 2.19. The van der Waals surface area contributed by atoms with Crippen molar-refractivity contribution in [1.29, 1.82) is 0 Å². The van der Waals surface area contributed by atoms with Crippen LogP contribution in [-0.2, 0) is 27.7 Å². The molecular formula is C15H17F2N3O4S. The van der Waals surface area contributed by atoms with E-state index in [-0.39, 0.29) is 12.2 Å². The number of sulfone groups is 1. The Morgan fingerprint density at radius 1 is 1.24 bits per heavy atom. The molecule has 0 aliphatic heterocycles. The Balaban J connectivity index is 2.04. The molecule has 0 bridgehead atoms. The molecule has 0 N–H and O–H groups in total. The first kappa shape index (κ1) is 19.0. The van der Waals surface area contributed by atoms with E-state index < -0.39 is 26.5 Å². The van der Waals surface area contributed by atoms with Crippen LogP contribution < -0.4 is 0 Å². The van der Waals surface area contributed by atoms with Crippen molar-refractivity contribution in [2.45, 2.75) is 37.7 Å². The van der Waals surface area contributed by atoms with Gasteiger partial charge in [-0.05, 0) is 30.2 Å². The molecule has 25 heavy (non-hydrogen) atoms. The number of benzene rings is 1. The van der Waals surface area contributed by atoms with Crippen LogP contribution in [-0.4, -0.2) is 34.9 Å². The van der Waals surface area contributed by atoms with Gasteiger partial charge in [0.1, 0.15) is 6.33 Å². The Labute approximate surface area is 143 Å². The first-order chi connectivity index (χ1) is 11.7. The quantitative estimate of drug-likeness (QED) is 0.692. The van der Waals surface area contributed by atoms with Gasteiger partial charge in [0.2, 0.25) is 9.84 Å². The van der Waals surface area contributed by atoms with Gasteiger partial charge >= 0.3 is 11.7 Å². The third-order valence-corrected chi connectivity index (χ3v) is 4.62. The molecule has 0 aliphatic rings. The lowest BCUT2D eigenvalue weighted by molar-refractivity contribution is 0.0456. The van der Waals surface area contributed by atoms with E-state index in [1.807, 2.05) is 13.8 Å². The maximum atomic E-state index is 12.5. The first-order valence-corrected chi connectivity index (χ1v) is 8.92. The van der Waals surface area contributed by atoms with Crippen molar-refractivity contribution in [3.63, 3.8) is 0 Å². The second-order valence-corrected chi connectivity index (χ2v) is 7.58. The van der Waals surface area contributed by atoms with Crippen LogP contribution in [0, 0.1) is 5.92 Å². The van der Waals surface area contributed by atoms with Crippen molar-refractivity contribution in [3.05, 3.63) is 42.0 Å². The summed E-state index contributed by atoms with van der Waals surface area (Å²) >= 11 is 0. The molecular weight excluding hydrogens is 356 g/mol. The lowest BCUT2D eigenvalue weighted by atomic mass is 10.2. The third-order valence-electron chi connectivity index (χ3n) is 3.22. The molecule has 136 valence electrons. The largest absolute Gasteiger partial charge is 0.454 e. The number of hydrogen-bond donors (Lipinski definition) is 0. The fourth-order valence-electron chi connectivity index (χ4n) is 2.00. The molecule has 10 heteroatoms. The van der Waals surface area contributed by atoms with E-state index in [0.29, 0.717) is 18.3 Å². The van der Waals surface area contributed by atoms with Gasteiger partial charge in [-0.1, -0.05) is 13.8 Å². The minimum absolute atomic E-state index is 0.0446. The molecule has 0 radical (unpaired) electrons. The van der Waals surface area contributed by atoms with Gasteiger partial charge in [0.15, 0.2) is 12.4 Å². The van der Waals surface area contributed by atoms with Crippen molar-refractivity contribution >= 4 is 15.8 Å². The zero-order chi connectivity index (χ0) is 18.6. The Hall–Kier alpha value is -2.36. The van der Waals surface area contributed by atoms with Crippen LogP contribution in [0.2, 0.25) is 0 Å². The molecule has 0 aliphatic carbocycles. The number of alkyl halides is 2. The summed E-state index contributed by atoms with van der Waals surface area (Å²) < 4.78 is 54.3. The van der Waals surface area contributed by atoms with Gasteiger partial charge in [-0.25, -0.2) is 22.9 Å². The molecule has 7 nitrogen and oxygen atoms in total. The van der Waals surface area contributed by atoms with Gasteiger partial charge < -0.3 is 4.74 Å². The highest BCUT2D eigenvalue weighted by atomic mass is 32.2. The molecule has 1 heterocycles. The Morgan fingerprint density at radius 2 is 1.88 bits per heavy atom.